The van der Waals surface area contributed by atoms with Crippen LogP contribution in [0.2, 0.25) is 0 Å². The predicted molar refractivity (Wildman–Crippen MR) is 77.3 cm³/mol. The predicted octanol–water partition coefficient (Wildman–Crippen LogP) is 1.46. The van der Waals surface area contributed by atoms with Crippen molar-refractivity contribution in [2.45, 2.75) is 25.3 Å². The Hall–Kier alpha value is -2.15. The van der Waals surface area contributed by atoms with Gasteiger partial charge in [0.15, 0.2) is 5.75 Å². The molecule has 3 N–H and O–H groups in total. The van der Waals surface area contributed by atoms with Crippen LogP contribution in [0, 0.1) is 16.0 Å². The number of amides is 1. The van der Waals surface area contributed by atoms with Gasteiger partial charge in [-0.3, -0.25) is 14.9 Å². The van der Waals surface area contributed by atoms with E-state index in [9.17, 15) is 14.9 Å². The second-order valence-corrected chi connectivity index (χ2v) is 5.15. The van der Waals surface area contributed by atoms with Gasteiger partial charge in [-0.15, -0.1) is 0 Å². The standard InChI is InChI=1S/C14H19N3O4/c1-21-13-6-5-9(7-12(13)17(19)20)14(18)16-11-4-2-3-10(11)8-15/h5-7,10-11H,2-4,8,15H2,1H3,(H,16,18). The molecule has 21 heavy (non-hydrogen) atoms. The Morgan fingerprint density at radius 3 is 2.90 bits per heavy atom. The van der Waals surface area contributed by atoms with Crippen LogP contribution >= 0.6 is 0 Å². The number of nitrogens with zero attached hydrogens (tertiary/aromatic N) is 1. The van der Waals surface area contributed by atoms with E-state index in [1.54, 1.807) is 0 Å². The molecule has 114 valence electrons. The number of nitro groups is 1. The summed E-state index contributed by atoms with van der Waals surface area (Å²) in [6, 6.07) is 4.24. The highest BCUT2D eigenvalue weighted by Crippen LogP contribution is 2.28. The van der Waals surface area contributed by atoms with Crippen molar-refractivity contribution in [1.82, 2.24) is 5.32 Å². The number of benzene rings is 1. The molecule has 0 radical (unpaired) electrons. The topological polar surface area (TPSA) is 107 Å². The molecule has 0 aromatic heterocycles. The van der Waals surface area contributed by atoms with Gasteiger partial charge < -0.3 is 15.8 Å². The lowest BCUT2D eigenvalue weighted by Gasteiger charge is -2.19. The molecule has 2 atom stereocenters. The molecule has 1 amide bonds. The van der Waals surface area contributed by atoms with E-state index in [1.165, 1.54) is 25.3 Å². The fourth-order valence-corrected chi connectivity index (χ4v) is 2.73. The molecule has 7 heteroatoms. The van der Waals surface area contributed by atoms with E-state index < -0.39 is 4.92 Å². The first kappa shape index (κ1) is 15.2. The maximum absolute atomic E-state index is 12.2. The molecule has 0 saturated heterocycles. The Morgan fingerprint density at radius 2 is 2.29 bits per heavy atom. The normalized spacial score (nSPS) is 21.0. The van der Waals surface area contributed by atoms with E-state index in [-0.39, 0.29) is 34.9 Å². The van der Waals surface area contributed by atoms with E-state index in [4.69, 9.17) is 10.5 Å². The average molecular weight is 293 g/mol. The molecule has 1 aromatic carbocycles. The number of nitrogens with one attached hydrogen (secondary N) is 1. The third-order valence-corrected chi connectivity index (χ3v) is 3.92. The van der Waals surface area contributed by atoms with Gasteiger partial charge in [0.05, 0.1) is 12.0 Å². The highest BCUT2D eigenvalue weighted by atomic mass is 16.6. The van der Waals surface area contributed by atoms with E-state index in [0.29, 0.717) is 6.54 Å². The molecule has 0 spiro atoms. The number of methoxy groups -OCH3 is 1. The van der Waals surface area contributed by atoms with Crippen LogP contribution in [0.15, 0.2) is 18.2 Å². The highest BCUT2D eigenvalue weighted by Gasteiger charge is 2.28. The van der Waals surface area contributed by atoms with Gasteiger partial charge in [0.2, 0.25) is 0 Å². The summed E-state index contributed by atoms with van der Waals surface area (Å²) in [5.41, 5.74) is 5.72. The number of ether oxygens (including phenoxy) is 1. The zero-order valence-electron chi connectivity index (χ0n) is 11.9. The number of carbonyl (C=O) groups excluding carboxylic acids is 1. The summed E-state index contributed by atoms with van der Waals surface area (Å²) < 4.78 is 4.92. The van der Waals surface area contributed by atoms with Gasteiger partial charge in [-0.05, 0) is 37.4 Å². The Morgan fingerprint density at radius 1 is 1.52 bits per heavy atom. The van der Waals surface area contributed by atoms with E-state index in [1.807, 2.05) is 0 Å². The smallest absolute Gasteiger partial charge is 0.311 e. The van der Waals surface area contributed by atoms with Crippen LogP contribution in [-0.2, 0) is 0 Å². The van der Waals surface area contributed by atoms with Crippen LogP contribution < -0.4 is 15.8 Å². The summed E-state index contributed by atoms with van der Waals surface area (Å²) in [6.45, 7) is 0.535. The van der Waals surface area contributed by atoms with Gasteiger partial charge in [-0.1, -0.05) is 6.42 Å². The minimum Gasteiger partial charge on any atom is -0.490 e. The summed E-state index contributed by atoms with van der Waals surface area (Å²) in [4.78, 5) is 22.6. The minimum absolute atomic E-state index is 0.0451. The van der Waals surface area contributed by atoms with E-state index in [0.717, 1.165) is 19.3 Å². The second kappa shape index (κ2) is 6.53. The quantitative estimate of drug-likeness (QED) is 0.631. The number of hydrogen-bond donors (Lipinski definition) is 2. The maximum atomic E-state index is 12.2. The maximum Gasteiger partial charge on any atom is 0.311 e. The second-order valence-electron chi connectivity index (χ2n) is 5.15. The van der Waals surface area contributed by atoms with Gasteiger partial charge in [0.25, 0.3) is 5.91 Å². The molecule has 7 nitrogen and oxygen atoms in total. The largest absolute Gasteiger partial charge is 0.490 e. The first-order chi connectivity index (χ1) is 10.1. The first-order valence-electron chi connectivity index (χ1n) is 6.90. The zero-order chi connectivity index (χ0) is 15.4. The molecule has 2 rings (SSSR count). The minimum atomic E-state index is -0.562. The molecular formula is C14H19N3O4. The molecule has 0 aliphatic heterocycles. The fraction of sp³-hybridized carbons (Fsp3) is 0.500. The Bertz CT molecular complexity index is 547. The van der Waals surface area contributed by atoms with Crippen LogP contribution in [-0.4, -0.2) is 30.5 Å². The molecule has 1 aromatic rings. The Balaban J connectivity index is 2.16. The molecule has 1 saturated carbocycles. The molecular weight excluding hydrogens is 274 g/mol. The number of nitrogens with two attached hydrogens (primary N) is 1. The number of hydrogen-bond acceptors (Lipinski definition) is 5. The molecule has 0 heterocycles. The van der Waals surface area contributed by atoms with Crippen molar-refractivity contribution >= 4 is 11.6 Å². The summed E-state index contributed by atoms with van der Waals surface area (Å²) in [6.07, 6.45) is 2.94. The van der Waals surface area contributed by atoms with Gasteiger partial charge in [-0.25, -0.2) is 0 Å². The Labute approximate surface area is 122 Å². The molecule has 1 fully saturated rings. The van der Waals surface area contributed by atoms with Crippen molar-refractivity contribution in [2.75, 3.05) is 13.7 Å². The van der Waals surface area contributed by atoms with Gasteiger partial charge in [-0.2, -0.15) is 0 Å². The van der Waals surface area contributed by atoms with Gasteiger partial charge >= 0.3 is 5.69 Å². The monoisotopic (exact) mass is 293 g/mol. The average Bonchev–Trinajstić information content (AvgIpc) is 2.93. The number of carbonyl (C=O) groups is 1. The van der Waals surface area contributed by atoms with Crippen molar-refractivity contribution < 1.29 is 14.5 Å². The van der Waals surface area contributed by atoms with Crippen molar-refractivity contribution in [2.24, 2.45) is 11.7 Å². The van der Waals surface area contributed by atoms with Crippen molar-refractivity contribution in [3.8, 4) is 5.75 Å². The Kier molecular flexibility index (Phi) is 4.74. The summed E-state index contributed by atoms with van der Waals surface area (Å²) in [5, 5.41) is 13.9. The molecule has 1 aliphatic rings. The molecule has 1 aliphatic carbocycles. The van der Waals surface area contributed by atoms with Crippen LogP contribution in [0.5, 0.6) is 5.75 Å². The lowest BCUT2D eigenvalue weighted by atomic mass is 10.0. The van der Waals surface area contributed by atoms with Crippen molar-refractivity contribution in [3.63, 3.8) is 0 Å². The van der Waals surface area contributed by atoms with Crippen molar-refractivity contribution in [1.29, 1.82) is 0 Å². The highest BCUT2D eigenvalue weighted by molar-refractivity contribution is 5.95. The van der Waals surface area contributed by atoms with E-state index in [2.05, 4.69) is 5.32 Å². The van der Waals surface area contributed by atoms with Gasteiger partial charge in [0, 0.05) is 17.7 Å². The SMILES string of the molecule is COc1ccc(C(=O)NC2CCCC2CN)cc1[N+](=O)[O-]. The van der Waals surface area contributed by atoms with Crippen molar-refractivity contribution in [3.05, 3.63) is 33.9 Å². The third kappa shape index (κ3) is 3.30. The third-order valence-electron chi connectivity index (χ3n) is 3.92. The van der Waals surface area contributed by atoms with Gasteiger partial charge in [0.1, 0.15) is 0 Å². The number of rotatable bonds is 5. The van der Waals surface area contributed by atoms with Crippen LogP contribution in [0.1, 0.15) is 29.6 Å². The lowest BCUT2D eigenvalue weighted by Crippen LogP contribution is -2.39. The summed E-state index contributed by atoms with van der Waals surface area (Å²) in [5.74, 6) is 0.102. The number of nitro benzene ring substituents is 1. The fourth-order valence-electron chi connectivity index (χ4n) is 2.73. The summed E-state index contributed by atoms with van der Waals surface area (Å²) in [7, 11) is 1.35. The molecule has 2 unspecified atom stereocenters. The van der Waals surface area contributed by atoms with Crippen LogP contribution in [0.4, 0.5) is 5.69 Å². The van der Waals surface area contributed by atoms with Crippen LogP contribution in [0.3, 0.4) is 0 Å². The summed E-state index contributed by atoms with van der Waals surface area (Å²) >= 11 is 0. The van der Waals surface area contributed by atoms with E-state index >= 15 is 0 Å². The molecule has 0 bridgehead atoms. The first-order valence-corrected chi connectivity index (χ1v) is 6.90. The lowest BCUT2D eigenvalue weighted by molar-refractivity contribution is -0.385. The van der Waals surface area contributed by atoms with Crippen LogP contribution in [0.25, 0.3) is 0 Å². The zero-order valence-corrected chi connectivity index (χ0v) is 11.9.